The van der Waals surface area contributed by atoms with E-state index in [2.05, 4.69) is 36.3 Å². The van der Waals surface area contributed by atoms with Gasteiger partial charge in [-0.15, -0.1) is 0 Å². The molecule has 1 amide bonds. The number of aliphatic hydroxyl groups excluding tert-OH is 1. The first kappa shape index (κ1) is 19.5. The van der Waals surface area contributed by atoms with Crippen LogP contribution < -0.4 is 0 Å². The molecule has 2 aliphatic rings. The van der Waals surface area contributed by atoms with Gasteiger partial charge in [0.2, 0.25) is 5.91 Å². The molecule has 0 aliphatic carbocycles. The van der Waals surface area contributed by atoms with Crippen molar-refractivity contribution in [2.24, 2.45) is 0 Å². The van der Waals surface area contributed by atoms with Crippen LogP contribution in [-0.2, 0) is 16.0 Å². The van der Waals surface area contributed by atoms with Gasteiger partial charge in [0.15, 0.2) is 0 Å². The van der Waals surface area contributed by atoms with Crippen molar-refractivity contribution < 1.29 is 14.6 Å². The number of ether oxygens (including phenoxy) is 1. The molecule has 28 heavy (non-hydrogen) atoms. The molecule has 0 bridgehead atoms. The maximum Gasteiger partial charge on any atom is 0.222 e. The molecule has 2 N–H and O–H groups in total. The Labute approximate surface area is 167 Å². The molecule has 2 saturated heterocycles. The average molecular weight is 385 g/mol. The second-order valence-corrected chi connectivity index (χ2v) is 8.52. The number of benzene rings is 1. The smallest absolute Gasteiger partial charge is 0.222 e. The summed E-state index contributed by atoms with van der Waals surface area (Å²) in [4.78, 5) is 18.0. The number of rotatable bonds is 5. The number of aromatic amines is 1. The minimum Gasteiger partial charge on any atom is -0.393 e. The number of likely N-dealkylation sites (tertiary alicyclic amines) is 1. The van der Waals surface area contributed by atoms with Gasteiger partial charge in [-0.3, -0.25) is 4.79 Å². The van der Waals surface area contributed by atoms with Gasteiger partial charge in [0.1, 0.15) is 0 Å². The molecule has 1 aromatic carbocycles. The SMILES string of the molecule is CC[C@H]1C[C@@H](O)CC2(CCN(C(=O)CCCc3c[nH]c4ccccc34)CC2)O1. The van der Waals surface area contributed by atoms with Gasteiger partial charge in [0.05, 0.1) is 17.8 Å². The van der Waals surface area contributed by atoms with Crippen LogP contribution in [0.2, 0.25) is 0 Å². The molecule has 2 aliphatic heterocycles. The van der Waals surface area contributed by atoms with E-state index in [-0.39, 0.29) is 23.7 Å². The first-order valence-corrected chi connectivity index (χ1v) is 10.8. The van der Waals surface area contributed by atoms with Gasteiger partial charge in [0, 0.05) is 43.0 Å². The third-order valence-corrected chi connectivity index (χ3v) is 6.55. The van der Waals surface area contributed by atoms with Crippen LogP contribution in [0.5, 0.6) is 0 Å². The van der Waals surface area contributed by atoms with E-state index in [1.165, 1.54) is 10.9 Å². The summed E-state index contributed by atoms with van der Waals surface area (Å²) in [5.41, 5.74) is 2.22. The van der Waals surface area contributed by atoms with Crippen LogP contribution in [0.4, 0.5) is 0 Å². The van der Waals surface area contributed by atoms with Crippen LogP contribution in [0.25, 0.3) is 10.9 Å². The predicted octanol–water partition coefficient (Wildman–Crippen LogP) is 3.80. The quantitative estimate of drug-likeness (QED) is 0.824. The number of carbonyl (C=O) groups is 1. The molecule has 0 unspecified atom stereocenters. The lowest BCUT2D eigenvalue weighted by molar-refractivity contribution is -0.183. The number of hydrogen-bond acceptors (Lipinski definition) is 3. The molecule has 1 spiro atoms. The molecular weight excluding hydrogens is 352 g/mol. The van der Waals surface area contributed by atoms with Crippen molar-refractivity contribution in [2.75, 3.05) is 13.1 Å². The van der Waals surface area contributed by atoms with Gasteiger partial charge in [0.25, 0.3) is 0 Å². The molecular formula is C23H32N2O3. The minimum absolute atomic E-state index is 0.155. The molecule has 3 heterocycles. The number of nitrogens with zero attached hydrogens (tertiary/aromatic N) is 1. The second kappa shape index (κ2) is 8.26. The summed E-state index contributed by atoms with van der Waals surface area (Å²) in [6.07, 6.45) is 8.42. The van der Waals surface area contributed by atoms with E-state index < -0.39 is 0 Å². The van der Waals surface area contributed by atoms with Crippen LogP contribution in [0.3, 0.4) is 0 Å². The van der Waals surface area contributed by atoms with Crippen LogP contribution in [-0.4, -0.2) is 51.8 Å². The maximum atomic E-state index is 12.7. The normalized spacial score (nSPS) is 24.7. The Morgan fingerprint density at radius 2 is 2.11 bits per heavy atom. The van der Waals surface area contributed by atoms with E-state index >= 15 is 0 Å². The van der Waals surface area contributed by atoms with Crippen molar-refractivity contribution in [1.82, 2.24) is 9.88 Å². The van der Waals surface area contributed by atoms with E-state index in [1.807, 2.05) is 11.0 Å². The highest BCUT2D eigenvalue weighted by atomic mass is 16.5. The van der Waals surface area contributed by atoms with Gasteiger partial charge in [-0.1, -0.05) is 25.1 Å². The summed E-state index contributed by atoms with van der Waals surface area (Å²) in [6, 6.07) is 8.31. The van der Waals surface area contributed by atoms with Gasteiger partial charge < -0.3 is 19.7 Å². The first-order chi connectivity index (χ1) is 13.6. The summed E-state index contributed by atoms with van der Waals surface area (Å²) in [5.74, 6) is 0.248. The summed E-state index contributed by atoms with van der Waals surface area (Å²) < 4.78 is 6.33. The maximum absolute atomic E-state index is 12.7. The Hall–Kier alpha value is -1.85. The highest BCUT2D eigenvalue weighted by Gasteiger charge is 2.43. The number of nitrogens with one attached hydrogen (secondary N) is 1. The average Bonchev–Trinajstić information content (AvgIpc) is 3.11. The van der Waals surface area contributed by atoms with Crippen LogP contribution >= 0.6 is 0 Å². The van der Waals surface area contributed by atoms with Crippen LogP contribution in [0.15, 0.2) is 30.5 Å². The molecule has 5 nitrogen and oxygen atoms in total. The van der Waals surface area contributed by atoms with Crippen molar-refractivity contribution >= 4 is 16.8 Å². The monoisotopic (exact) mass is 384 g/mol. The van der Waals surface area contributed by atoms with E-state index in [0.717, 1.165) is 57.1 Å². The number of H-pyrrole nitrogens is 1. The summed E-state index contributed by atoms with van der Waals surface area (Å²) in [6.45, 7) is 3.60. The number of fused-ring (bicyclic) bond motifs is 1. The fourth-order valence-corrected chi connectivity index (χ4v) is 4.93. The topological polar surface area (TPSA) is 65.6 Å². The number of aliphatic hydroxyl groups is 1. The van der Waals surface area contributed by atoms with Crippen molar-refractivity contribution in [3.05, 3.63) is 36.0 Å². The fraction of sp³-hybridized carbons (Fsp3) is 0.609. The van der Waals surface area contributed by atoms with Gasteiger partial charge in [-0.25, -0.2) is 0 Å². The second-order valence-electron chi connectivity index (χ2n) is 8.52. The molecule has 1 aromatic heterocycles. The Morgan fingerprint density at radius 3 is 2.89 bits per heavy atom. The van der Waals surface area contributed by atoms with E-state index in [0.29, 0.717) is 12.8 Å². The Kier molecular flexibility index (Phi) is 5.74. The number of piperidine rings is 1. The van der Waals surface area contributed by atoms with Crippen LogP contribution in [0, 0.1) is 0 Å². The van der Waals surface area contributed by atoms with Crippen molar-refractivity contribution in [3.8, 4) is 0 Å². The molecule has 5 heteroatoms. The van der Waals surface area contributed by atoms with E-state index in [1.54, 1.807) is 0 Å². The lowest BCUT2D eigenvalue weighted by Gasteiger charge is -2.48. The van der Waals surface area contributed by atoms with Gasteiger partial charge >= 0.3 is 0 Å². The summed E-state index contributed by atoms with van der Waals surface area (Å²) >= 11 is 0. The largest absolute Gasteiger partial charge is 0.393 e. The number of carbonyl (C=O) groups excluding carboxylic acids is 1. The van der Waals surface area contributed by atoms with Gasteiger partial charge in [-0.05, 0) is 50.2 Å². The molecule has 0 radical (unpaired) electrons. The Morgan fingerprint density at radius 1 is 1.32 bits per heavy atom. The third kappa shape index (κ3) is 4.11. The number of para-hydroxylation sites is 1. The molecule has 2 fully saturated rings. The lowest BCUT2D eigenvalue weighted by Crippen LogP contribution is -2.53. The lowest BCUT2D eigenvalue weighted by atomic mass is 9.81. The molecule has 0 saturated carbocycles. The molecule has 2 atom stereocenters. The van der Waals surface area contributed by atoms with E-state index in [9.17, 15) is 9.90 Å². The zero-order valence-electron chi connectivity index (χ0n) is 16.8. The number of amides is 1. The highest BCUT2D eigenvalue weighted by Crippen LogP contribution is 2.38. The zero-order valence-corrected chi connectivity index (χ0v) is 16.8. The molecule has 2 aromatic rings. The van der Waals surface area contributed by atoms with Gasteiger partial charge in [-0.2, -0.15) is 0 Å². The summed E-state index contributed by atoms with van der Waals surface area (Å²) in [5, 5.41) is 11.5. The zero-order chi connectivity index (χ0) is 19.6. The fourth-order valence-electron chi connectivity index (χ4n) is 4.93. The predicted molar refractivity (Wildman–Crippen MR) is 110 cm³/mol. The Bertz CT molecular complexity index is 807. The molecule has 152 valence electrons. The third-order valence-electron chi connectivity index (χ3n) is 6.55. The van der Waals surface area contributed by atoms with Crippen molar-refractivity contribution in [2.45, 2.75) is 76.1 Å². The number of hydrogen-bond donors (Lipinski definition) is 2. The molecule has 4 rings (SSSR count). The first-order valence-electron chi connectivity index (χ1n) is 10.8. The van der Waals surface area contributed by atoms with Crippen molar-refractivity contribution in [1.29, 1.82) is 0 Å². The van der Waals surface area contributed by atoms with Crippen LogP contribution in [0.1, 0.15) is 57.4 Å². The summed E-state index contributed by atoms with van der Waals surface area (Å²) in [7, 11) is 0. The van der Waals surface area contributed by atoms with E-state index in [4.69, 9.17) is 4.74 Å². The Balaban J connectivity index is 1.26. The highest BCUT2D eigenvalue weighted by molar-refractivity contribution is 5.83. The number of aromatic nitrogens is 1. The number of aryl methyl sites for hydroxylation is 1. The van der Waals surface area contributed by atoms with Crippen molar-refractivity contribution in [3.63, 3.8) is 0 Å². The standard InChI is InChI=1S/C23H32N2O3/c1-2-19-14-18(26)15-23(28-19)10-12-25(13-11-23)22(27)9-5-6-17-16-24-21-8-4-3-7-20(17)21/h3-4,7-8,16,18-19,24,26H,2,5-6,9-15H2,1H3/t18-,19+/m1/s1. The minimum atomic E-state index is -0.267.